The first-order valence-electron chi connectivity index (χ1n) is 5.73. The SMILES string of the molecule is COC(=O)C=C1SC(NC(=O)c2ccccc2)NC1=O. The van der Waals surface area contributed by atoms with Crippen molar-refractivity contribution in [1.82, 2.24) is 10.6 Å². The molecule has 0 aliphatic carbocycles. The summed E-state index contributed by atoms with van der Waals surface area (Å²) in [6.07, 6.45) is 1.09. The fourth-order valence-electron chi connectivity index (χ4n) is 1.52. The minimum Gasteiger partial charge on any atom is -0.466 e. The number of amides is 2. The molecule has 1 aliphatic heterocycles. The summed E-state index contributed by atoms with van der Waals surface area (Å²) >= 11 is 1.05. The fraction of sp³-hybridized carbons (Fsp3) is 0.154. The van der Waals surface area contributed by atoms with Crippen molar-refractivity contribution in [3.8, 4) is 0 Å². The maximum absolute atomic E-state index is 11.9. The van der Waals surface area contributed by atoms with Crippen LogP contribution in [0.15, 0.2) is 41.3 Å². The third-order valence-corrected chi connectivity index (χ3v) is 3.51. The standard InChI is InChI=1S/C13H12N2O4S/c1-19-10(16)7-9-12(18)15-13(20-9)14-11(17)8-5-3-2-4-6-8/h2-7,13H,1H3,(H,14,17)(H,15,18). The third-order valence-electron chi connectivity index (χ3n) is 2.48. The summed E-state index contributed by atoms with van der Waals surface area (Å²) < 4.78 is 4.45. The summed E-state index contributed by atoms with van der Waals surface area (Å²) in [6, 6.07) is 8.64. The van der Waals surface area contributed by atoms with Crippen LogP contribution in [0.3, 0.4) is 0 Å². The van der Waals surface area contributed by atoms with Gasteiger partial charge in [-0.2, -0.15) is 0 Å². The zero-order chi connectivity index (χ0) is 14.5. The molecule has 0 aromatic heterocycles. The maximum Gasteiger partial charge on any atom is 0.331 e. The number of nitrogens with one attached hydrogen (secondary N) is 2. The first kappa shape index (κ1) is 14.1. The van der Waals surface area contributed by atoms with E-state index >= 15 is 0 Å². The van der Waals surface area contributed by atoms with E-state index < -0.39 is 17.4 Å². The zero-order valence-electron chi connectivity index (χ0n) is 10.6. The second-order valence-corrected chi connectivity index (χ2v) is 4.99. The average Bonchev–Trinajstić information content (AvgIpc) is 2.79. The van der Waals surface area contributed by atoms with Gasteiger partial charge in [0.1, 0.15) is 0 Å². The molecule has 1 heterocycles. The van der Waals surface area contributed by atoms with Crippen molar-refractivity contribution in [3.05, 3.63) is 46.9 Å². The van der Waals surface area contributed by atoms with Gasteiger partial charge in [-0.15, -0.1) is 0 Å². The second kappa shape index (κ2) is 6.25. The first-order chi connectivity index (χ1) is 9.60. The molecule has 1 saturated heterocycles. The average molecular weight is 292 g/mol. The van der Waals surface area contributed by atoms with Crippen molar-refractivity contribution < 1.29 is 19.1 Å². The number of benzene rings is 1. The number of carbonyl (C=O) groups excluding carboxylic acids is 3. The highest BCUT2D eigenvalue weighted by molar-refractivity contribution is 8.05. The van der Waals surface area contributed by atoms with Crippen molar-refractivity contribution >= 4 is 29.5 Å². The summed E-state index contributed by atoms with van der Waals surface area (Å²) in [5, 5.41) is 5.20. The molecule has 2 rings (SSSR count). The minimum atomic E-state index is -0.613. The van der Waals surface area contributed by atoms with E-state index in [2.05, 4.69) is 15.4 Å². The summed E-state index contributed by atoms with van der Waals surface area (Å²) in [5.74, 6) is -1.33. The Bertz CT molecular complexity index is 571. The highest BCUT2D eigenvalue weighted by atomic mass is 32.2. The number of carbonyl (C=O) groups is 3. The molecule has 7 heteroatoms. The largest absolute Gasteiger partial charge is 0.466 e. The van der Waals surface area contributed by atoms with E-state index in [4.69, 9.17) is 0 Å². The predicted molar refractivity (Wildman–Crippen MR) is 73.5 cm³/mol. The number of hydrogen-bond donors (Lipinski definition) is 2. The van der Waals surface area contributed by atoms with E-state index in [1.54, 1.807) is 30.3 Å². The van der Waals surface area contributed by atoms with Gasteiger partial charge in [-0.1, -0.05) is 30.0 Å². The van der Waals surface area contributed by atoms with Gasteiger partial charge in [0.05, 0.1) is 12.0 Å². The van der Waals surface area contributed by atoms with Crippen molar-refractivity contribution in [2.75, 3.05) is 7.11 Å². The van der Waals surface area contributed by atoms with E-state index in [-0.39, 0.29) is 10.8 Å². The maximum atomic E-state index is 11.9. The number of rotatable bonds is 3. The van der Waals surface area contributed by atoms with Crippen molar-refractivity contribution in [2.45, 2.75) is 5.50 Å². The molecule has 0 spiro atoms. The third kappa shape index (κ3) is 3.39. The summed E-state index contributed by atoms with van der Waals surface area (Å²) in [7, 11) is 1.23. The van der Waals surface area contributed by atoms with Crippen molar-refractivity contribution in [1.29, 1.82) is 0 Å². The topological polar surface area (TPSA) is 84.5 Å². The van der Waals surface area contributed by atoms with Crippen LogP contribution in [-0.4, -0.2) is 30.4 Å². The minimum absolute atomic E-state index is 0.204. The van der Waals surface area contributed by atoms with Gasteiger partial charge >= 0.3 is 5.97 Å². The van der Waals surface area contributed by atoms with Crippen LogP contribution in [-0.2, 0) is 14.3 Å². The number of methoxy groups -OCH3 is 1. The smallest absolute Gasteiger partial charge is 0.331 e. The predicted octanol–water partition coefficient (Wildman–Crippen LogP) is 0.620. The lowest BCUT2D eigenvalue weighted by molar-refractivity contribution is -0.135. The molecule has 1 fully saturated rings. The number of hydrogen-bond acceptors (Lipinski definition) is 5. The Morgan fingerprint density at radius 2 is 2.05 bits per heavy atom. The van der Waals surface area contributed by atoms with Gasteiger partial charge in [0.2, 0.25) is 0 Å². The number of esters is 1. The van der Waals surface area contributed by atoms with Crippen LogP contribution in [0.2, 0.25) is 0 Å². The van der Waals surface area contributed by atoms with Gasteiger partial charge in [0.25, 0.3) is 11.8 Å². The molecule has 1 aromatic carbocycles. The summed E-state index contributed by atoms with van der Waals surface area (Å²) in [4.78, 5) is 34.8. The summed E-state index contributed by atoms with van der Waals surface area (Å²) in [5.41, 5.74) is -0.112. The Kier molecular flexibility index (Phi) is 4.41. The van der Waals surface area contributed by atoms with Gasteiger partial charge in [-0.3, -0.25) is 9.59 Å². The molecule has 1 unspecified atom stereocenters. The molecular weight excluding hydrogens is 280 g/mol. The fourth-order valence-corrected chi connectivity index (χ4v) is 2.44. The van der Waals surface area contributed by atoms with Gasteiger partial charge in [-0.25, -0.2) is 4.79 Å². The van der Waals surface area contributed by atoms with Crippen molar-refractivity contribution in [3.63, 3.8) is 0 Å². The molecule has 2 amide bonds. The van der Waals surface area contributed by atoms with Crippen LogP contribution in [0.1, 0.15) is 10.4 Å². The van der Waals surface area contributed by atoms with Gasteiger partial charge in [-0.05, 0) is 12.1 Å². The molecule has 0 radical (unpaired) electrons. The number of ether oxygens (including phenoxy) is 1. The van der Waals surface area contributed by atoms with Crippen LogP contribution in [0.25, 0.3) is 0 Å². The Morgan fingerprint density at radius 3 is 2.70 bits per heavy atom. The van der Waals surface area contributed by atoms with Gasteiger partial charge in [0, 0.05) is 11.6 Å². The molecule has 1 atom stereocenters. The first-order valence-corrected chi connectivity index (χ1v) is 6.61. The van der Waals surface area contributed by atoms with E-state index in [0.29, 0.717) is 5.56 Å². The lowest BCUT2D eigenvalue weighted by atomic mass is 10.2. The zero-order valence-corrected chi connectivity index (χ0v) is 11.4. The quantitative estimate of drug-likeness (QED) is 0.630. The molecule has 1 aliphatic rings. The Labute approximate surface area is 119 Å². The van der Waals surface area contributed by atoms with Crippen LogP contribution in [0.5, 0.6) is 0 Å². The lowest BCUT2D eigenvalue weighted by Crippen LogP contribution is -2.41. The Morgan fingerprint density at radius 1 is 1.35 bits per heavy atom. The van der Waals surface area contributed by atoms with Crippen LogP contribution >= 0.6 is 11.8 Å². The molecule has 6 nitrogen and oxygen atoms in total. The van der Waals surface area contributed by atoms with E-state index in [9.17, 15) is 14.4 Å². The Hall–Kier alpha value is -2.28. The monoisotopic (exact) mass is 292 g/mol. The van der Waals surface area contributed by atoms with E-state index in [0.717, 1.165) is 17.8 Å². The number of thioether (sulfide) groups is 1. The van der Waals surface area contributed by atoms with Crippen molar-refractivity contribution in [2.24, 2.45) is 0 Å². The van der Waals surface area contributed by atoms with E-state index in [1.165, 1.54) is 7.11 Å². The lowest BCUT2D eigenvalue weighted by Gasteiger charge is -2.10. The molecular formula is C13H12N2O4S. The second-order valence-electron chi connectivity index (χ2n) is 3.84. The van der Waals surface area contributed by atoms with Crippen LogP contribution in [0, 0.1) is 0 Å². The molecule has 0 saturated carbocycles. The van der Waals surface area contributed by atoms with Crippen LogP contribution < -0.4 is 10.6 Å². The molecule has 2 N–H and O–H groups in total. The summed E-state index contributed by atoms with van der Waals surface area (Å²) in [6.45, 7) is 0. The Balaban J connectivity index is 1.99. The normalized spacial score (nSPS) is 19.6. The molecule has 20 heavy (non-hydrogen) atoms. The highest BCUT2D eigenvalue weighted by Gasteiger charge is 2.29. The molecule has 104 valence electrons. The highest BCUT2D eigenvalue weighted by Crippen LogP contribution is 2.25. The van der Waals surface area contributed by atoms with E-state index in [1.807, 2.05) is 0 Å². The van der Waals surface area contributed by atoms with Gasteiger partial charge in [0.15, 0.2) is 5.50 Å². The molecule has 1 aromatic rings. The molecule has 0 bridgehead atoms. The van der Waals surface area contributed by atoms with Gasteiger partial charge < -0.3 is 15.4 Å². The van der Waals surface area contributed by atoms with Crippen LogP contribution in [0.4, 0.5) is 0 Å².